The normalized spacial score (nSPS) is 11.8. The Labute approximate surface area is 133 Å². The van der Waals surface area contributed by atoms with Gasteiger partial charge in [0.25, 0.3) is 0 Å². The average molecular weight is 339 g/mol. The van der Waals surface area contributed by atoms with Crippen molar-refractivity contribution in [2.24, 2.45) is 0 Å². The number of hydrogen-bond acceptors (Lipinski definition) is 3. The molecular formula is C15H12F3N3OS. The van der Waals surface area contributed by atoms with Gasteiger partial charge in [-0.3, -0.25) is 0 Å². The van der Waals surface area contributed by atoms with Crippen molar-refractivity contribution in [2.45, 2.75) is 19.6 Å². The van der Waals surface area contributed by atoms with E-state index < -0.39 is 11.7 Å². The molecule has 0 amide bonds. The highest BCUT2D eigenvalue weighted by molar-refractivity contribution is 7.12. The zero-order valence-electron chi connectivity index (χ0n) is 12.0. The Morgan fingerprint density at radius 2 is 1.91 bits per heavy atom. The van der Waals surface area contributed by atoms with E-state index in [1.165, 1.54) is 39.0 Å². The van der Waals surface area contributed by atoms with Crippen molar-refractivity contribution in [3.8, 4) is 5.00 Å². The number of nitrogens with zero attached hydrogens (tertiary/aromatic N) is 3. The summed E-state index contributed by atoms with van der Waals surface area (Å²) in [5.74, 6) is 0. The first-order chi connectivity index (χ1) is 10.8. The molecule has 3 aromatic rings. The van der Waals surface area contributed by atoms with E-state index in [4.69, 9.17) is 0 Å². The minimum atomic E-state index is -4.37. The molecule has 0 N–H and O–H groups in total. The molecule has 0 spiro atoms. The van der Waals surface area contributed by atoms with Gasteiger partial charge in [0.05, 0.1) is 12.1 Å². The van der Waals surface area contributed by atoms with Crippen LogP contribution >= 0.6 is 11.3 Å². The van der Waals surface area contributed by atoms with Gasteiger partial charge in [-0.1, -0.05) is 12.1 Å². The number of aryl methyl sites for hydroxylation is 1. The molecule has 0 aliphatic heterocycles. The molecule has 2 aromatic heterocycles. The highest BCUT2D eigenvalue weighted by atomic mass is 32.1. The standard InChI is InChI=1S/C15H12F3N3OS/c1-10-6-13(23-8-10)20-9-19-21(14(20)22)7-11-2-4-12(5-3-11)15(16,17)18/h2-6,8-9H,7H2,1H3. The summed E-state index contributed by atoms with van der Waals surface area (Å²) in [5, 5.41) is 6.70. The molecule has 0 fully saturated rings. The molecule has 2 heterocycles. The zero-order valence-corrected chi connectivity index (χ0v) is 12.9. The van der Waals surface area contributed by atoms with Crippen LogP contribution in [0.3, 0.4) is 0 Å². The third-order valence-corrected chi connectivity index (χ3v) is 4.35. The van der Waals surface area contributed by atoms with Crippen LogP contribution in [0.2, 0.25) is 0 Å². The first kappa shape index (κ1) is 15.5. The van der Waals surface area contributed by atoms with Crippen LogP contribution in [0.5, 0.6) is 0 Å². The number of alkyl halides is 3. The molecule has 0 aliphatic rings. The van der Waals surface area contributed by atoms with Gasteiger partial charge in [-0.2, -0.15) is 18.3 Å². The van der Waals surface area contributed by atoms with Crippen LogP contribution in [0.15, 0.2) is 46.8 Å². The third kappa shape index (κ3) is 3.21. The fraction of sp³-hybridized carbons (Fsp3) is 0.200. The van der Waals surface area contributed by atoms with Gasteiger partial charge in [0.15, 0.2) is 0 Å². The fourth-order valence-electron chi connectivity index (χ4n) is 2.11. The monoisotopic (exact) mass is 339 g/mol. The van der Waals surface area contributed by atoms with E-state index in [-0.39, 0.29) is 12.2 Å². The number of hydrogen-bond donors (Lipinski definition) is 0. The largest absolute Gasteiger partial charge is 0.416 e. The molecule has 0 saturated carbocycles. The van der Waals surface area contributed by atoms with Crippen LogP contribution in [0.4, 0.5) is 13.2 Å². The van der Waals surface area contributed by atoms with E-state index in [1.807, 2.05) is 18.4 Å². The van der Waals surface area contributed by atoms with Crippen LogP contribution in [0, 0.1) is 6.92 Å². The predicted octanol–water partition coefficient (Wildman–Crippen LogP) is 3.47. The molecule has 0 unspecified atom stereocenters. The first-order valence-corrected chi connectivity index (χ1v) is 7.58. The number of benzene rings is 1. The number of halogens is 3. The summed E-state index contributed by atoms with van der Waals surface area (Å²) in [6, 6.07) is 6.57. The second kappa shape index (κ2) is 5.69. The second-order valence-electron chi connectivity index (χ2n) is 5.10. The van der Waals surface area contributed by atoms with Crippen molar-refractivity contribution in [2.75, 3.05) is 0 Å². The highest BCUT2D eigenvalue weighted by Gasteiger charge is 2.29. The minimum absolute atomic E-state index is 0.119. The maximum atomic E-state index is 12.5. The molecule has 1 aromatic carbocycles. The van der Waals surface area contributed by atoms with Gasteiger partial charge in [-0.05, 0) is 41.6 Å². The van der Waals surface area contributed by atoms with E-state index in [1.54, 1.807) is 0 Å². The van der Waals surface area contributed by atoms with E-state index in [2.05, 4.69) is 5.10 Å². The molecule has 0 aliphatic carbocycles. The Balaban J connectivity index is 1.84. The predicted molar refractivity (Wildman–Crippen MR) is 81.0 cm³/mol. The quantitative estimate of drug-likeness (QED) is 0.733. The van der Waals surface area contributed by atoms with Gasteiger partial charge in [0.1, 0.15) is 11.3 Å². The zero-order chi connectivity index (χ0) is 16.6. The lowest BCUT2D eigenvalue weighted by Crippen LogP contribution is -2.24. The number of thiophene rings is 1. The summed E-state index contributed by atoms with van der Waals surface area (Å²) in [7, 11) is 0. The van der Waals surface area contributed by atoms with Gasteiger partial charge in [0, 0.05) is 0 Å². The molecular weight excluding hydrogens is 327 g/mol. The van der Waals surface area contributed by atoms with Crippen molar-refractivity contribution in [1.82, 2.24) is 14.3 Å². The molecule has 0 radical (unpaired) electrons. The summed E-state index contributed by atoms with van der Waals surface area (Å²) >= 11 is 1.43. The Morgan fingerprint density at radius 1 is 1.22 bits per heavy atom. The molecule has 120 valence electrons. The lowest BCUT2D eigenvalue weighted by molar-refractivity contribution is -0.137. The van der Waals surface area contributed by atoms with E-state index in [0.29, 0.717) is 5.56 Å². The van der Waals surface area contributed by atoms with E-state index >= 15 is 0 Å². The molecule has 0 atom stereocenters. The average Bonchev–Trinajstić information content (AvgIpc) is 3.06. The van der Waals surface area contributed by atoms with Crippen LogP contribution in [0.1, 0.15) is 16.7 Å². The van der Waals surface area contributed by atoms with Crippen molar-refractivity contribution >= 4 is 11.3 Å². The van der Waals surface area contributed by atoms with Crippen LogP contribution < -0.4 is 5.69 Å². The summed E-state index contributed by atoms with van der Waals surface area (Å²) < 4.78 is 40.2. The maximum absolute atomic E-state index is 12.5. The molecule has 0 bridgehead atoms. The fourth-order valence-corrected chi connectivity index (χ4v) is 2.98. The number of rotatable bonds is 3. The van der Waals surface area contributed by atoms with Gasteiger partial charge in [-0.25, -0.2) is 14.0 Å². The molecule has 4 nitrogen and oxygen atoms in total. The van der Waals surface area contributed by atoms with Crippen molar-refractivity contribution in [1.29, 1.82) is 0 Å². The van der Waals surface area contributed by atoms with Gasteiger partial charge in [0.2, 0.25) is 0 Å². The lowest BCUT2D eigenvalue weighted by Gasteiger charge is -2.07. The van der Waals surface area contributed by atoms with Gasteiger partial charge in [-0.15, -0.1) is 11.3 Å². The summed E-state index contributed by atoms with van der Waals surface area (Å²) in [6.07, 6.45) is -2.95. The SMILES string of the molecule is Cc1csc(-n2cnn(Cc3ccc(C(F)(F)F)cc3)c2=O)c1. The summed E-state index contributed by atoms with van der Waals surface area (Å²) in [6.45, 7) is 2.05. The van der Waals surface area contributed by atoms with Gasteiger partial charge >= 0.3 is 11.9 Å². The molecule has 8 heteroatoms. The number of aromatic nitrogens is 3. The molecule has 0 saturated heterocycles. The summed E-state index contributed by atoms with van der Waals surface area (Å²) in [5.41, 5.74) is 0.583. The third-order valence-electron chi connectivity index (χ3n) is 3.30. The van der Waals surface area contributed by atoms with E-state index in [9.17, 15) is 18.0 Å². The van der Waals surface area contributed by atoms with Crippen LogP contribution in [-0.2, 0) is 12.7 Å². The smallest absolute Gasteiger partial charge is 0.246 e. The Hall–Kier alpha value is -2.35. The van der Waals surface area contributed by atoms with Crippen molar-refractivity contribution in [3.05, 3.63) is 69.2 Å². The first-order valence-electron chi connectivity index (χ1n) is 6.71. The van der Waals surface area contributed by atoms with Crippen molar-refractivity contribution in [3.63, 3.8) is 0 Å². The van der Waals surface area contributed by atoms with E-state index in [0.717, 1.165) is 22.7 Å². The topological polar surface area (TPSA) is 39.8 Å². The van der Waals surface area contributed by atoms with Gasteiger partial charge < -0.3 is 0 Å². The van der Waals surface area contributed by atoms with Crippen LogP contribution in [0.25, 0.3) is 5.00 Å². The van der Waals surface area contributed by atoms with Crippen molar-refractivity contribution < 1.29 is 13.2 Å². The molecule has 23 heavy (non-hydrogen) atoms. The lowest BCUT2D eigenvalue weighted by atomic mass is 10.1. The Morgan fingerprint density at radius 3 is 2.48 bits per heavy atom. The van der Waals surface area contributed by atoms with Crippen LogP contribution in [-0.4, -0.2) is 14.3 Å². The maximum Gasteiger partial charge on any atom is 0.416 e. The Bertz CT molecular complexity index is 875. The molecule has 3 rings (SSSR count). The minimum Gasteiger partial charge on any atom is -0.246 e. The Kier molecular flexibility index (Phi) is 3.85. The highest BCUT2D eigenvalue weighted by Crippen LogP contribution is 2.29. The second-order valence-corrected chi connectivity index (χ2v) is 5.99. The summed E-state index contributed by atoms with van der Waals surface area (Å²) in [4.78, 5) is 12.3.